The molecule has 6 heteroatoms. The number of aromatic nitrogens is 1. The average molecular weight is 361 g/mol. The zero-order chi connectivity index (χ0) is 18.4. The largest absolute Gasteiger partial charge is 0.411 e. The first-order valence-corrected chi connectivity index (χ1v) is 9.77. The number of hydrogen-bond donors (Lipinski definition) is 3. The molecule has 1 aromatic heterocycles. The highest BCUT2D eigenvalue weighted by atomic mass is 16.4. The Balaban J connectivity index is 1.58. The van der Waals surface area contributed by atoms with Crippen LogP contribution < -0.4 is 0 Å². The van der Waals surface area contributed by atoms with Gasteiger partial charge in [-0.2, -0.15) is 0 Å². The summed E-state index contributed by atoms with van der Waals surface area (Å²) in [4.78, 5) is 8.12. The Kier molecular flexibility index (Phi) is 6.88. The molecule has 1 unspecified atom stereocenters. The fourth-order valence-corrected chi connectivity index (χ4v) is 4.59. The van der Waals surface area contributed by atoms with Crippen molar-refractivity contribution < 1.29 is 10.3 Å². The number of allylic oxidation sites excluding steroid dienone is 1. The Labute approximate surface area is 156 Å². The number of oxime groups is 1. The van der Waals surface area contributed by atoms with Crippen molar-refractivity contribution in [3.05, 3.63) is 29.6 Å². The van der Waals surface area contributed by atoms with E-state index in [-0.39, 0.29) is 6.61 Å². The molecule has 26 heavy (non-hydrogen) atoms. The molecule has 3 rings (SSSR count). The summed E-state index contributed by atoms with van der Waals surface area (Å²) in [6.07, 6.45) is 13.8. The normalized spacial score (nSPS) is 23.3. The van der Waals surface area contributed by atoms with E-state index in [1.54, 1.807) is 6.08 Å². The van der Waals surface area contributed by atoms with E-state index in [4.69, 9.17) is 5.21 Å². The fourth-order valence-electron chi connectivity index (χ4n) is 4.59. The molecule has 1 aromatic rings. The summed E-state index contributed by atoms with van der Waals surface area (Å²) in [5, 5.41) is 21.5. The van der Waals surface area contributed by atoms with Crippen LogP contribution in [0.2, 0.25) is 0 Å². The van der Waals surface area contributed by atoms with Gasteiger partial charge in [0.05, 0.1) is 12.8 Å². The fraction of sp³-hybridized carbons (Fsp3) is 0.650. The van der Waals surface area contributed by atoms with Crippen molar-refractivity contribution in [1.29, 1.82) is 0 Å². The molecule has 1 atom stereocenters. The van der Waals surface area contributed by atoms with Crippen LogP contribution in [0, 0.1) is 5.92 Å². The van der Waals surface area contributed by atoms with Crippen LogP contribution in [0.15, 0.2) is 23.6 Å². The molecule has 0 saturated carbocycles. The summed E-state index contributed by atoms with van der Waals surface area (Å²) in [6.45, 7) is 4.67. The van der Waals surface area contributed by atoms with Gasteiger partial charge in [-0.15, -0.1) is 0 Å². The van der Waals surface area contributed by atoms with Crippen molar-refractivity contribution in [2.75, 3.05) is 39.8 Å². The third-order valence-corrected chi connectivity index (χ3v) is 6.17. The lowest BCUT2D eigenvalue weighted by Crippen LogP contribution is -2.49. The molecule has 0 radical (unpaired) electrons. The maximum Gasteiger partial charge on any atom is 0.0661 e. The smallest absolute Gasteiger partial charge is 0.0661 e. The number of rotatable bonds is 6. The number of nitrogens with zero attached hydrogens (tertiary/aromatic N) is 3. The Morgan fingerprint density at radius 1 is 1.19 bits per heavy atom. The van der Waals surface area contributed by atoms with Crippen LogP contribution in [-0.4, -0.2) is 77.2 Å². The monoisotopic (exact) mass is 360 g/mol. The Hall–Kier alpha value is -1.63. The molecule has 0 spiro atoms. The Morgan fingerprint density at radius 2 is 1.92 bits per heavy atom. The second-order valence-electron chi connectivity index (χ2n) is 7.69. The van der Waals surface area contributed by atoms with Crippen LogP contribution in [0.1, 0.15) is 42.7 Å². The van der Waals surface area contributed by atoms with Gasteiger partial charge in [0.25, 0.3) is 0 Å². The van der Waals surface area contributed by atoms with Gasteiger partial charge < -0.3 is 20.2 Å². The van der Waals surface area contributed by atoms with E-state index in [0.717, 1.165) is 44.6 Å². The number of likely N-dealkylation sites (tertiary alicyclic amines) is 2. The molecular weight excluding hydrogens is 328 g/mol. The van der Waals surface area contributed by atoms with E-state index in [9.17, 15) is 5.11 Å². The molecule has 144 valence electrons. The minimum absolute atomic E-state index is 0.275. The number of hydrogen-bond acceptors (Lipinski definition) is 5. The van der Waals surface area contributed by atoms with Gasteiger partial charge in [-0.1, -0.05) is 11.2 Å². The van der Waals surface area contributed by atoms with Crippen LogP contribution in [-0.2, 0) is 0 Å². The van der Waals surface area contributed by atoms with Crippen molar-refractivity contribution in [3.63, 3.8) is 0 Å². The average Bonchev–Trinajstić information content (AvgIpc) is 3.13. The molecule has 0 aromatic carbocycles. The van der Waals surface area contributed by atoms with Crippen LogP contribution in [0.3, 0.4) is 0 Å². The predicted octanol–water partition coefficient (Wildman–Crippen LogP) is 2.37. The van der Waals surface area contributed by atoms with E-state index >= 15 is 0 Å². The first-order chi connectivity index (χ1) is 12.7. The standard InChI is InChI=1S/C20H32N4O2/c1-23-9-4-17(5-10-23)20(15-25)24-11-6-16(7-12-24)19-14-21-13-18(19)3-2-8-22-26/h2-3,8,13-14,16-17,20-21,25-26H,4-7,9-12,15H2,1H3/b3-2-,22-8+. The molecule has 2 aliphatic heterocycles. The second kappa shape index (κ2) is 9.35. The van der Waals surface area contributed by atoms with Gasteiger partial charge in [0.2, 0.25) is 0 Å². The van der Waals surface area contributed by atoms with Gasteiger partial charge in [-0.05, 0) is 87.9 Å². The predicted molar refractivity (Wildman–Crippen MR) is 105 cm³/mol. The van der Waals surface area contributed by atoms with Crippen molar-refractivity contribution in [3.8, 4) is 0 Å². The van der Waals surface area contributed by atoms with Crippen LogP contribution in [0.25, 0.3) is 6.08 Å². The molecular formula is C20H32N4O2. The zero-order valence-corrected chi connectivity index (χ0v) is 15.7. The number of H-pyrrole nitrogens is 1. The minimum atomic E-state index is 0.275. The molecule has 3 N–H and O–H groups in total. The molecule has 2 saturated heterocycles. The van der Waals surface area contributed by atoms with Gasteiger partial charge in [0.1, 0.15) is 0 Å². The third-order valence-electron chi connectivity index (χ3n) is 6.17. The van der Waals surface area contributed by atoms with Crippen LogP contribution in [0.5, 0.6) is 0 Å². The molecule has 6 nitrogen and oxygen atoms in total. The summed E-state index contributed by atoms with van der Waals surface area (Å²) in [5.41, 5.74) is 2.50. The number of aromatic amines is 1. The number of nitrogens with one attached hydrogen (secondary N) is 1. The van der Waals surface area contributed by atoms with Crippen molar-refractivity contribution in [2.45, 2.75) is 37.6 Å². The van der Waals surface area contributed by atoms with Crippen molar-refractivity contribution in [2.24, 2.45) is 11.1 Å². The summed E-state index contributed by atoms with van der Waals surface area (Å²) < 4.78 is 0. The lowest BCUT2D eigenvalue weighted by molar-refractivity contribution is 0.0373. The van der Waals surface area contributed by atoms with Gasteiger partial charge in [0.15, 0.2) is 0 Å². The van der Waals surface area contributed by atoms with Crippen molar-refractivity contribution >= 4 is 12.3 Å². The van der Waals surface area contributed by atoms with Gasteiger partial charge in [-0.25, -0.2) is 0 Å². The van der Waals surface area contributed by atoms with Crippen molar-refractivity contribution in [1.82, 2.24) is 14.8 Å². The van der Waals surface area contributed by atoms with Crippen LogP contribution in [0.4, 0.5) is 0 Å². The minimum Gasteiger partial charge on any atom is -0.411 e. The second-order valence-corrected chi connectivity index (χ2v) is 7.69. The summed E-state index contributed by atoms with van der Waals surface area (Å²) in [5.74, 6) is 1.16. The highest BCUT2D eigenvalue weighted by Gasteiger charge is 2.32. The number of piperidine rings is 2. The summed E-state index contributed by atoms with van der Waals surface area (Å²) in [6, 6.07) is 0.316. The van der Waals surface area contributed by atoms with E-state index in [0.29, 0.717) is 17.9 Å². The maximum atomic E-state index is 10.0. The topological polar surface area (TPSA) is 75.1 Å². The molecule has 0 bridgehead atoms. The van der Waals surface area contributed by atoms with Gasteiger partial charge in [-0.3, -0.25) is 4.90 Å². The molecule has 2 aliphatic rings. The first kappa shape index (κ1) is 19.1. The summed E-state index contributed by atoms with van der Waals surface area (Å²) >= 11 is 0. The van der Waals surface area contributed by atoms with E-state index in [2.05, 4.69) is 33.2 Å². The molecule has 0 amide bonds. The van der Waals surface area contributed by atoms with E-state index in [1.807, 2.05) is 12.3 Å². The van der Waals surface area contributed by atoms with Gasteiger partial charge in [0, 0.05) is 18.4 Å². The van der Waals surface area contributed by atoms with E-state index in [1.165, 1.54) is 24.6 Å². The number of aliphatic hydroxyl groups is 1. The highest BCUT2D eigenvalue weighted by molar-refractivity contribution is 5.78. The first-order valence-electron chi connectivity index (χ1n) is 9.77. The van der Waals surface area contributed by atoms with E-state index < -0.39 is 0 Å². The summed E-state index contributed by atoms with van der Waals surface area (Å²) in [7, 11) is 2.19. The highest BCUT2D eigenvalue weighted by Crippen LogP contribution is 2.33. The third kappa shape index (κ3) is 4.55. The number of aliphatic hydroxyl groups excluding tert-OH is 1. The Bertz CT molecular complexity index is 597. The molecule has 3 heterocycles. The molecule has 0 aliphatic carbocycles. The SMILES string of the molecule is CN1CCC(C(CO)N2CCC(c3c[nH]cc3/C=C\C=N\O)CC2)CC1. The Morgan fingerprint density at radius 3 is 2.58 bits per heavy atom. The van der Waals surface area contributed by atoms with Crippen LogP contribution >= 0.6 is 0 Å². The lowest BCUT2D eigenvalue weighted by Gasteiger charge is -2.42. The van der Waals surface area contributed by atoms with Gasteiger partial charge >= 0.3 is 0 Å². The quantitative estimate of drug-likeness (QED) is 0.414. The lowest BCUT2D eigenvalue weighted by atomic mass is 9.84. The molecule has 2 fully saturated rings. The zero-order valence-electron chi connectivity index (χ0n) is 15.7. The maximum absolute atomic E-state index is 10.0.